The van der Waals surface area contributed by atoms with Crippen molar-refractivity contribution in [2.75, 3.05) is 18.4 Å². The van der Waals surface area contributed by atoms with Gasteiger partial charge in [0.15, 0.2) is 0 Å². The molecule has 1 aromatic heterocycles. The van der Waals surface area contributed by atoms with E-state index in [0.29, 0.717) is 0 Å². The zero-order chi connectivity index (χ0) is 20.8. The van der Waals surface area contributed by atoms with Crippen LogP contribution in [0.25, 0.3) is 0 Å². The average molecular weight is 400 g/mol. The zero-order valence-corrected chi connectivity index (χ0v) is 17.6. The highest BCUT2D eigenvalue weighted by atomic mass is 16.1. The van der Waals surface area contributed by atoms with Crippen LogP contribution >= 0.6 is 0 Å². The van der Waals surface area contributed by atoms with Gasteiger partial charge in [-0.15, -0.1) is 0 Å². The Morgan fingerprint density at radius 1 is 1.00 bits per heavy atom. The Morgan fingerprint density at radius 3 is 2.47 bits per heavy atom. The van der Waals surface area contributed by atoms with Gasteiger partial charge >= 0.3 is 0 Å². The Labute approximate surface area is 179 Å². The maximum absolute atomic E-state index is 11.2. The molecule has 1 N–H and O–H groups in total. The fourth-order valence-electron chi connectivity index (χ4n) is 4.49. The normalized spacial score (nSPS) is 19.0. The molecule has 0 bridgehead atoms. The molecule has 4 heteroatoms. The lowest BCUT2D eigenvalue weighted by molar-refractivity contribution is -0.114. The van der Waals surface area contributed by atoms with E-state index >= 15 is 0 Å². The van der Waals surface area contributed by atoms with E-state index in [9.17, 15) is 4.79 Å². The van der Waals surface area contributed by atoms with Gasteiger partial charge in [0.2, 0.25) is 5.91 Å². The first kappa shape index (κ1) is 20.3. The van der Waals surface area contributed by atoms with Crippen molar-refractivity contribution < 1.29 is 4.79 Å². The van der Waals surface area contributed by atoms with Crippen molar-refractivity contribution in [3.8, 4) is 0 Å². The number of amides is 1. The molecule has 0 saturated carbocycles. The number of carbonyl (C=O) groups is 1. The summed E-state index contributed by atoms with van der Waals surface area (Å²) in [4.78, 5) is 18.5. The maximum Gasteiger partial charge on any atom is 0.221 e. The number of pyridine rings is 1. The number of likely N-dealkylation sites (tertiary alicyclic amines) is 1. The van der Waals surface area contributed by atoms with Crippen molar-refractivity contribution in [3.63, 3.8) is 0 Å². The molecule has 154 valence electrons. The quantitative estimate of drug-likeness (QED) is 0.620. The van der Waals surface area contributed by atoms with Gasteiger partial charge in [0.25, 0.3) is 0 Å². The second kappa shape index (κ2) is 9.23. The van der Waals surface area contributed by atoms with Crippen LogP contribution in [-0.4, -0.2) is 28.9 Å². The summed E-state index contributed by atoms with van der Waals surface area (Å²) in [5.74, 6) is -0.0409. The van der Waals surface area contributed by atoms with Crippen LogP contribution in [0, 0.1) is 0 Å². The number of aromatic nitrogens is 1. The molecular weight excluding hydrogens is 370 g/mol. The summed E-state index contributed by atoms with van der Waals surface area (Å²) in [5, 5.41) is 2.83. The summed E-state index contributed by atoms with van der Waals surface area (Å²) in [6.07, 6.45) is 5.21. The Bertz CT molecular complexity index is 957. The first-order chi connectivity index (χ1) is 14.6. The number of nitrogens with one attached hydrogen (secondary N) is 1. The smallest absolute Gasteiger partial charge is 0.221 e. The third-order valence-electron chi connectivity index (χ3n) is 6.06. The van der Waals surface area contributed by atoms with Crippen molar-refractivity contribution in [1.29, 1.82) is 0 Å². The predicted octanol–water partition coefficient (Wildman–Crippen LogP) is 4.82. The van der Waals surface area contributed by atoms with Crippen LogP contribution < -0.4 is 5.32 Å². The largest absolute Gasteiger partial charge is 0.326 e. The van der Waals surface area contributed by atoms with Gasteiger partial charge in [-0.1, -0.05) is 48.5 Å². The molecule has 1 unspecified atom stereocenters. The number of nitrogens with zero attached hydrogens (tertiary/aromatic N) is 2. The fraction of sp³-hybridized carbons (Fsp3) is 0.308. The highest BCUT2D eigenvalue weighted by molar-refractivity contribution is 5.88. The third kappa shape index (κ3) is 4.95. The minimum Gasteiger partial charge on any atom is -0.326 e. The van der Waals surface area contributed by atoms with Gasteiger partial charge in [-0.2, -0.15) is 0 Å². The molecule has 1 saturated heterocycles. The number of anilines is 1. The van der Waals surface area contributed by atoms with Gasteiger partial charge in [0.05, 0.1) is 0 Å². The molecule has 2 heterocycles. The van der Waals surface area contributed by atoms with E-state index in [2.05, 4.69) is 64.8 Å². The third-order valence-corrected chi connectivity index (χ3v) is 6.06. The Kier molecular flexibility index (Phi) is 6.24. The highest BCUT2D eigenvalue weighted by Crippen LogP contribution is 2.38. The maximum atomic E-state index is 11.2. The van der Waals surface area contributed by atoms with Gasteiger partial charge in [0, 0.05) is 43.0 Å². The van der Waals surface area contributed by atoms with E-state index in [1.165, 1.54) is 23.7 Å². The van der Waals surface area contributed by atoms with E-state index in [1.807, 2.05) is 24.4 Å². The Hall–Kier alpha value is -2.98. The van der Waals surface area contributed by atoms with Crippen LogP contribution in [0.3, 0.4) is 0 Å². The summed E-state index contributed by atoms with van der Waals surface area (Å²) >= 11 is 0. The number of benzene rings is 2. The molecule has 2 aromatic carbocycles. The number of carbonyl (C=O) groups excluding carboxylic acids is 1. The van der Waals surface area contributed by atoms with Crippen LogP contribution in [0.15, 0.2) is 79.0 Å². The lowest BCUT2D eigenvalue weighted by Crippen LogP contribution is -2.32. The van der Waals surface area contributed by atoms with E-state index < -0.39 is 0 Å². The van der Waals surface area contributed by atoms with Gasteiger partial charge in [-0.25, -0.2) is 0 Å². The van der Waals surface area contributed by atoms with Crippen LogP contribution in [-0.2, 0) is 23.2 Å². The van der Waals surface area contributed by atoms with E-state index in [4.69, 9.17) is 4.98 Å². The second-order valence-corrected chi connectivity index (χ2v) is 8.32. The lowest BCUT2D eigenvalue weighted by Gasteiger charge is -2.29. The predicted molar refractivity (Wildman–Crippen MR) is 121 cm³/mol. The molecule has 1 aliphatic rings. The van der Waals surface area contributed by atoms with Gasteiger partial charge in [-0.3, -0.25) is 14.7 Å². The molecule has 1 fully saturated rings. The van der Waals surface area contributed by atoms with E-state index in [0.717, 1.165) is 44.6 Å². The highest BCUT2D eigenvalue weighted by Gasteiger charge is 2.40. The summed E-state index contributed by atoms with van der Waals surface area (Å²) in [6, 6.07) is 25.2. The molecule has 4 rings (SSSR count). The van der Waals surface area contributed by atoms with Crippen LogP contribution in [0.1, 0.15) is 36.6 Å². The minimum absolute atomic E-state index is 0.0409. The van der Waals surface area contributed by atoms with Crippen LogP contribution in [0.4, 0.5) is 5.69 Å². The van der Waals surface area contributed by atoms with Crippen molar-refractivity contribution >= 4 is 11.6 Å². The molecular formula is C26H29N3O. The molecule has 4 nitrogen and oxygen atoms in total. The monoisotopic (exact) mass is 399 g/mol. The Balaban J connectivity index is 1.46. The SMILES string of the molecule is CC(=O)Nc1ccc(CN2CCC(CCc3ccccc3)(c3ccccn3)C2)cc1. The Morgan fingerprint density at radius 2 is 1.77 bits per heavy atom. The molecule has 0 radical (unpaired) electrons. The topological polar surface area (TPSA) is 45.2 Å². The number of rotatable bonds is 7. The number of hydrogen-bond acceptors (Lipinski definition) is 3. The summed E-state index contributed by atoms with van der Waals surface area (Å²) < 4.78 is 0. The lowest BCUT2D eigenvalue weighted by atomic mass is 9.78. The molecule has 1 amide bonds. The molecule has 1 atom stereocenters. The van der Waals surface area contributed by atoms with Crippen molar-refractivity contribution in [2.24, 2.45) is 0 Å². The molecule has 0 spiro atoms. The summed E-state index contributed by atoms with van der Waals surface area (Å²) in [5.41, 5.74) is 4.80. The van der Waals surface area contributed by atoms with Gasteiger partial charge < -0.3 is 5.32 Å². The average Bonchev–Trinajstić information content (AvgIpc) is 3.19. The summed E-state index contributed by atoms with van der Waals surface area (Å²) in [6.45, 7) is 4.54. The van der Waals surface area contributed by atoms with Gasteiger partial charge in [0.1, 0.15) is 0 Å². The first-order valence-electron chi connectivity index (χ1n) is 10.7. The minimum atomic E-state index is -0.0409. The first-order valence-corrected chi connectivity index (χ1v) is 10.7. The number of aryl methyl sites for hydroxylation is 1. The zero-order valence-electron chi connectivity index (χ0n) is 17.6. The van der Waals surface area contributed by atoms with Crippen molar-refractivity contribution in [1.82, 2.24) is 9.88 Å². The van der Waals surface area contributed by atoms with E-state index in [-0.39, 0.29) is 11.3 Å². The molecule has 0 aliphatic carbocycles. The van der Waals surface area contributed by atoms with Crippen LogP contribution in [0.5, 0.6) is 0 Å². The standard InChI is InChI=1S/C26H29N3O/c1-21(30)28-24-12-10-23(11-13-24)19-29-18-16-26(20-29,25-9-5-6-17-27-25)15-14-22-7-3-2-4-8-22/h2-13,17H,14-16,18-20H2,1H3,(H,28,30). The van der Waals surface area contributed by atoms with E-state index in [1.54, 1.807) is 0 Å². The van der Waals surface area contributed by atoms with Gasteiger partial charge in [-0.05, 0) is 61.2 Å². The molecule has 3 aromatic rings. The second-order valence-electron chi connectivity index (χ2n) is 8.32. The molecule has 1 aliphatic heterocycles. The fourth-order valence-corrected chi connectivity index (χ4v) is 4.49. The number of hydrogen-bond donors (Lipinski definition) is 1. The summed E-state index contributed by atoms with van der Waals surface area (Å²) in [7, 11) is 0. The molecule has 30 heavy (non-hydrogen) atoms. The van der Waals surface area contributed by atoms with Crippen molar-refractivity contribution in [3.05, 3.63) is 95.8 Å². The van der Waals surface area contributed by atoms with Crippen molar-refractivity contribution in [2.45, 2.75) is 38.1 Å². The van der Waals surface area contributed by atoms with Crippen LogP contribution in [0.2, 0.25) is 0 Å².